The molecule has 0 bridgehead atoms. The summed E-state index contributed by atoms with van der Waals surface area (Å²) in [6.07, 6.45) is -0.503. The van der Waals surface area contributed by atoms with E-state index < -0.39 is 17.8 Å². The van der Waals surface area contributed by atoms with Crippen molar-refractivity contribution in [2.45, 2.75) is 19.4 Å². The van der Waals surface area contributed by atoms with Crippen molar-refractivity contribution in [1.82, 2.24) is 10.9 Å². The number of hydrogen-bond acceptors (Lipinski definition) is 4. The molecule has 25 heavy (non-hydrogen) atoms. The van der Waals surface area contributed by atoms with Crippen LogP contribution in [0.3, 0.4) is 0 Å². The fraction of sp³-hybridized carbons (Fsp3) is 0.167. The standard InChI is InChI=1S/C18H18N2O5/c21-16(10-11-17(22)23)19-20-18(24)14-6-8-15(9-7-14)25-12-13-4-2-1-3-5-13/h1-9H,10-12H2,(H,19,21)(H,20,24)(H,22,23). The van der Waals surface area contributed by atoms with E-state index in [1.165, 1.54) is 0 Å². The van der Waals surface area contributed by atoms with Crippen LogP contribution in [0.15, 0.2) is 54.6 Å². The highest BCUT2D eigenvalue weighted by molar-refractivity contribution is 5.95. The normalized spacial score (nSPS) is 9.92. The van der Waals surface area contributed by atoms with Crippen molar-refractivity contribution in [3.05, 3.63) is 65.7 Å². The Hall–Kier alpha value is -3.35. The van der Waals surface area contributed by atoms with Crippen molar-refractivity contribution in [2.24, 2.45) is 0 Å². The molecule has 0 aliphatic carbocycles. The van der Waals surface area contributed by atoms with Crippen LogP contribution in [0.25, 0.3) is 0 Å². The van der Waals surface area contributed by atoms with Gasteiger partial charge in [0.1, 0.15) is 12.4 Å². The number of carboxylic acid groups (broad SMARTS) is 1. The summed E-state index contributed by atoms with van der Waals surface area (Å²) in [5.41, 5.74) is 5.77. The molecule has 0 fully saturated rings. The summed E-state index contributed by atoms with van der Waals surface area (Å²) in [5, 5.41) is 8.48. The van der Waals surface area contributed by atoms with E-state index >= 15 is 0 Å². The molecule has 0 heterocycles. The Kier molecular flexibility index (Phi) is 6.53. The Bertz CT molecular complexity index is 729. The van der Waals surface area contributed by atoms with Gasteiger partial charge in [-0.3, -0.25) is 25.2 Å². The predicted molar refractivity (Wildman–Crippen MR) is 89.7 cm³/mol. The van der Waals surface area contributed by atoms with Crippen LogP contribution in [-0.2, 0) is 16.2 Å². The van der Waals surface area contributed by atoms with Crippen LogP contribution in [0.1, 0.15) is 28.8 Å². The molecule has 130 valence electrons. The molecule has 3 N–H and O–H groups in total. The molecule has 2 amide bonds. The lowest BCUT2D eigenvalue weighted by Crippen LogP contribution is -2.41. The van der Waals surface area contributed by atoms with E-state index in [0.29, 0.717) is 17.9 Å². The second-order valence-electron chi connectivity index (χ2n) is 5.19. The van der Waals surface area contributed by atoms with E-state index in [-0.39, 0.29) is 12.8 Å². The third-order valence-electron chi connectivity index (χ3n) is 3.25. The SMILES string of the molecule is O=C(O)CCC(=O)NNC(=O)c1ccc(OCc2ccccc2)cc1. The van der Waals surface area contributed by atoms with E-state index in [2.05, 4.69) is 10.9 Å². The van der Waals surface area contributed by atoms with Crippen molar-refractivity contribution in [1.29, 1.82) is 0 Å². The summed E-state index contributed by atoms with van der Waals surface area (Å²) in [5.74, 6) is -1.53. The highest BCUT2D eigenvalue weighted by Gasteiger charge is 2.09. The molecule has 0 saturated heterocycles. The van der Waals surface area contributed by atoms with Crippen molar-refractivity contribution in [3.63, 3.8) is 0 Å². The molecule has 7 nitrogen and oxygen atoms in total. The average Bonchev–Trinajstić information content (AvgIpc) is 2.64. The fourth-order valence-corrected chi connectivity index (χ4v) is 1.93. The van der Waals surface area contributed by atoms with Gasteiger partial charge < -0.3 is 9.84 Å². The zero-order valence-corrected chi connectivity index (χ0v) is 13.4. The number of hydrogen-bond donors (Lipinski definition) is 3. The minimum Gasteiger partial charge on any atom is -0.489 e. The van der Waals surface area contributed by atoms with E-state index in [9.17, 15) is 14.4 Å². The van der Waals surface area contributed by atoms with Crippen LogP contribution >= 0.6 is 0 Å². The lowest BCUT2D eigenvalue weighted by Gasteiger charge is -2.09. The molecular formula is C18H18N2O5. The Labute approximate surface area is 144 Å². The second-order valence-corrected chi connectivity index (χ2v) is 5.19. The first-order valence-corrected chi connectivity index (χ1v) is 7.62. The van der Waals surface area contributed by atoms with Gasteiger partial charge in [-0.05, 0) is 29.8 Å². The first-order valence-electron chi connectivity index (χ1n) is 7.62. The van der Waals surface area contributed by atoms with Gasteiger partial charge in [0.05, 0.1) is 6.42 Å². The van der Waals surface area contributed by atoms with E-state index in [0.717, 1.165) is 5.56 Å². The van der Waals surface area contributed by atoms with Crippen LogP contribution in [0.4, 0.5) is 0 Å². The van der Waals surface area contributed by atoms with Crippen molar-refractivity contribution >= 4 is 17.8 Å². The quantitative estimate of drug-likeness (QED) is 0.667. The van der Waals surface area contributed by atoms with Crippen LogP contribution < -0.4 is 15.6 Å². The van der Waals surface area contributed by atoms with E-state index in [1.54, 1.807) is 24.3 Å². The number of benzene rings is 2. The van der Waals surface area contributed by atoms with E-state index in [4.69, 9.17) is 9.84 Å². The predicted octanol–water partition coefficient (Wildman–Crippen LogP) is 1.89. The number of amides is 2. The maximum absolute atomic E-state index is 11.9. The second kappa shape index (κ2) is 9.07. The number of carbonyl (C=O) groups excluding carboxylic acids is 2. The van der Waals surface area contributed by atoms with Gasteiger partial charge in [0.15, 0.2) is 0 Å². The van der Waals surface area contributed by atoms with Crippen molar-refractivity contribution < 1.29 is 24.2 Å². The zero-order chi connectivity index (χ0) is 18.1. The molecule has 0 saturated carbocycles. The first-order chi connectivity index (χ1) is 12.0. The average molecular weight is 342 g/mol. The first kappa shape index (κ1) is 18.0. The molecule has 7 heteroatoms. The minimum absolute atomic E-state index is 0.206. The number of carboxylic acids is 1. The minimum atomic E-state index is -1.08. The largest absolute Gasteiger partial charge is 0.489 e. The van der Waals surface area contributed by atoms with Gasteiger partial charge in [0.25, 0.3) is 5.91 Å². The monoisotopic (exact) mass is 342 g/mol. The molecule has 0 aliphatic rings. The van der Waals surface area contributed by atoms with Crippen LogP contribution in [0.2, 0.25) is 0 Å². The van der Waals surface area contributed by atoms with Gasteiger partial charge in [0.2, 0.25) is 5.91 Å². The number of aliphatic carboxylic acids is 1. The topological polar surface area (TPSA) is 105 Å². The Morgan fingerprint density at radius 3 is 2.20 bits per heavy atom. The lowest BCUT2D eigenvalue weighted by atomic mass is 10.2. The van der Waals surface area contributed by atoms with E-state index in [1.807, 2.05) is 30.3 Å². The summed E-state index contributed by atoms with van der Waals surface area (Å²) in [4.78, 5) is 33.6. The van der Waals surface area contributed by atoms with Gasteiger partial charge >= 0.3 is 5.97 Å². The lowest BCUT2D eigenvalue weighted by molar-refractivity contribution is -0.138. The molecule has 0 aliphatic heterocycles. The van der Waals surface area contributed by atoms with Crippen LogP contribution in [0.5, 0.6) is 5.75 Å². The number of nitrogens with one attached hydrogen (secondary N) is 2. The van der Waals surface area contributed by atoms with Crippen molar-refractivity contribution in [2.75, 3.05) is 0 Å². The molecule has 0 aromatic heterocycles. The van der Waals surface area contributed by atoms with Gasteiger partial charge in [-0.1, -0.05) is 30.3 Å². The van der Waals surface area contributed by atoms with Gasteiger partial charge in [-0.25, -0.2) is 0 Å². The number of hydrazine groups is 1. The van der Waals surface area contributed by atoms with Gasteiger partial charge in [-0.2, -0.15) is 0 Å². The zero-order valence-electron chi connectivity index (χ0n) is 13.4. The Morgan fingerprint density at radius 1 is 0.880 bits per heavy atom. The maximum atomic E-state index is 11.9. The molecule has 2 rings (SSSR count). The molecular weight excluding hydrogens is 324 g/mol. The van der Waals surface area contributed by atoms with Crippen LogP contribution in [-0.4, -0.2) is 22.9 Å². The number of ether oxygens (including phenoxy) is 1. The third kappa shape index (κ3) is 6.34. The molecule has 0 unspecified atom stereocenters. The Morgan fingerprint density at radius 2 is 1.56 bits per heavy atom. The highest BCUT2D eigenvalue weighted by Crippen LogP contribution is 2.14. The van der Waals surface area contributed by atoms with Gasteiger partial charge in [0, 0.05) is 12.0 Å². The Balaban J connectivity index is 1.79. The van der Waals surface area contributed by atoms with Crippen molar-refractivity contribution in [3.8, 4) is 5.75 Å². The van der Waals surface area contributed by atoms with Gasteiger partial charge in [-0.15, -0.1) is 0 Å². The summed E-state index contributed by atoms with van der Waals surface area (Å²) in [6, 6.07) is 16.1. The number of carbonyl (C=O) groups is 3. The molecule has 0 radical (unpaired) electrons. The summed E-state index contributed by atoms with van der Waals surface area (Å²) in [7, 11) is 0. The summed E-state index contributed by atoms with van der Waals surface area (Å²) < 4.78 is 5.62. The summed E-state index contributed by atoms with van der Waals surface area (Å²) in [6.45, 7) is 0.423. The maximum Gasteiger partial charge on any atom is 0.303 e. The smallest absolute Gasteiger partial charge is 0.303 e. The fourth-order valence-electron chi connectivity index (χ4n) is 1.93. The molecule has 2 aromatic rings. The van der Waals surface area contributed by atoms with Crippen LogP contribution in [0, 0.1) is 0 Å². The molecule has 2 aromatic carbocycles. The third-order valence-corrected chi connectivity index (χ3v) is 3.25. The highest BCUT2D eigenvalue weighted by atomic mass is 16.5. The molecule has 0 atom stereocenters. The summed E-state index contributed by atoms with van der Waals surface area (Å²) >= 11 is 0. The molecule has 0 spiro atoms. The number of rotatable bonds is 7.